The molecule has 2 nitrogen and oxygen atoms in total. The largest absolute Gasteiger partial charge is 0.311 e. The van der Waals surface area contributed by atoms with E-state index in [1.807, 2.05) is 0 Å². The third-order valence-electron chi connectivity index (χ3n) is 5.05. The van der Waals surface area contributed by atoms with Crippen LogP contribution in [0.25, 0.3) is 10.8 Å². The summed E-state index contributed by atoms with van der Waals surface area (Å²) < 4.78 is 0. The van der Waals surface area contributed by atoms with E-state index < -0.39 is 0 Å². The number of rotatable bonds is 4. The fourth-order valence-electron chi connectivity index (χ4n) is 3.87. The summed E-state index contributed by atoms with van der Waals surface area (Å²) in [6.07, 6.45) is 2.66. The molecule has 0 saturated carbocycles. The second-order valence-electron chi connectivity index (χ2n) is 6.64. The van der Waals surface area contributed by atoms with Crippen molar-refractivity contribution < 1.29 is 0 Å². The molecule has 1 aliphatic heterocycles. The maximum Gasteiger partial charge on any atom is 0.0505 e. The number of hydrogen-bond acceptors (Lipinski definition) is 2. The summed E-state index contributed by atoms with van der Waals surface area (Å²) in [6.45, 7) is 7.19. The Bertz CT molecular complexity index is 606. The lowest BCUT2D eigenvalue weighted by atomic mass is 9.85. The first kappa shape index (κ1) is 14.6. The summed E-state index contributed by atoms with van der Waals surface area (Å²) in [7, 11) is 2.09. The lowest BCUT2D eigenvalue weighted by molar-refractivity contribution is 0.111. The van der Waals surface area contributed by atoms with Gasteiger partial charge in [-0.25, -0.2) is 0 Å². The summed E-state index contributed by atoms with van der Waals surface area (Å²) in [5.41, 5.74) is 1.53. The highest BCUT2D eigenvalue weighted by Crippen LogP contribution is 2.36. The predicted octanol–water partition coefficient (Wildman–Crippen LogP) is 3.97. The van der Waals surface area contributed by atoms with E-state index in [0.29, 0.717) is 6.04 Å². The van der Waals surface area contributed by atoms with Gasteiger partial charge in [-0.15, -0.1) is 0 Å². The molecule has 2 aromatic rings. The molecule has 0 aromatic heterocycles. The van der Waals surface area contributed by atoms with E-state index in [4.69, 9.17) is 0 Å². The van der Waals surface area contributed by atoms with Crippen LogP contribution in [-0.4, -0.2) is 30.6 Å². The zero-order valence-corrected chi connectivity index (χ0v) is 13.4. The number of hydrogen-bond donors (Lipinski definition) is 1. The quantitative estimate of drug-likeness (QED) is 0.912. The average Bonchev–Trinajstić information content (AvgIpc) is 3.03. The molecule has 0 aliphatic carbocycles. The molecule has 1 saturated heterocycles. The molecule has 3 rings (SSSR count). The van der Waals surface area contributed by atoms with E-state index in [0.717, 1.165) is 0 Å². The van der Waals surface area contributed by atoms with Crippen molar-refractivity contribution in [3.05, 3.63) is 48.0 Å². The Balaban J connectivity index is 2.05. The molecule has 1 N–H and O–H groups in total. The highest BCUT2D eigenvalue weighted by Gasteiger charge is 2.37. The van der Waals surface area contributed by atoms with Gasteiger partial charge in [0.25, 0.3) is 0 Å². The minimum absolute atomic E-state index is 0.120. The van der Waals surface area contributed by atoms with Gasteiger partial charge in [0.2, 0.25) is 0 Å². The van der Waals surface area contributed by atoms with Gasteiger partial charge >= 0.3 is 0 Å². The van der Waals surface area contributed by atoms with E-state index in [1.54, 1.807) is 0 Å². The van der Waals surface area contributed by atoms with Gasteiger partial charge in [-0.2, -0.15) is 0 Å². The number of fused-ring (bicyclic) bond motifs is 1. The van der Waals surface area contributed by atoms with E-state index in [-0.39, 0.29) is 5.54 Å². The van der Waals surface area contributed by atoms with Crippen molar-refractivity contribution in [3.8, 4) is 0 Å². The summed E-state index contributed by atoms with van der Waals surface area (Å²) in [4.78, 5) is 2.63. The fourth-order valence-corrected chi connectivity index (χ4v) is 3.87. The summed E-state index contributed by atoms with van der Waals surface area (Å²) in [5, 5.41) is 6.28. The van der Waals surface area contributed by atoms with Crippen LogP contribution in [0.5, 0.6) is 0 Å². The number of likely N-dealkylation sites (tertiary alicyclic amines) is 1. The van der Waals surface area contributed by atoms with Crippen LogP contribution in [0.4, 0.5) is 0 Å². The Kier molecular flexibility index (Phi) is 4.01. The molecule has 2 heteroatoms. The predicted molar refractivity (Wildman–Crippen MR) is 90.6 cm³/mol. The molecule has 0 bridgehead atoms. The third-order valence-corrected chi connectivity index (χ3v) is 5.05. The molecule has 1 unspecified atom stereocenters. The Morgan fingerprint density at radius 3 is 2.38 bits per heavy atom. The van der Waals surface area contributed by atoms with Crippen LogP contribution in [0.1, 0.15) is 38.3 Å². The zero-order valence-electron chi connectivity index (χ0n) is 13.4. The zero-order chi connectivity index (χ0) is 14.9. The van der Waals surface area contributed by atoms with Crippen molar-refractivity contribution >= 4 is 10.8 Å². The molecule has 1 fully saturated rings. The van der Waals surface area contributed by atoms with Crippen LogP contribution in [-0.2, 0) is 0 Å². The van der Waals surface area contributed by atoms with Gasteiger partial charge in [0, 0.05) is 5.54 Å². The normalized spacial score (nSPS) is 18.2. The molecular weight excluding hydrogens is 256 g/mol. The van der Waals surface area contributed by atoms with Crippen LogP contribution in [0, 0.1) is 0 Å². The maximum atomic E-state index is 3.59. The van der Waals surface area contributed by atoms with Crippen LogP contribution in [0.15, 0.2) is 42.5 Å². The molecule has 1 atom stereocenters. The molecule has 112 valence electrons. The second-order valence-corrected chi connectivity index (χ2v) is 6.64. The van der Waals surface area contributed by atoms with E-state index in [2.05, 4.69) is 73.6 Å². The molecule has 2 aromatic carbocycles. The van der Waals surface area contributed by atoms with Crippen LogP contribution < -0.4 is 5.32 Å². The number of nitrogens with zero attached hydrogens (tertiary/aromatic N) is 1. The lowest BCUT2D eigenvalue weighted by Crippen LogP contribution is -2.50. The summed E-state index contributed by atoms with van der Waals surface area (Å²) in [5.74, 6) is 0. The van der Waals surface area contributed by atoms with Crippen molar-refractivity contribution in [1.29, 1.82) is 0 Å². The smallest absolute Gasteiger partial charge is 0.0505 e. The van der Waals surface area contributed by atoms with Gasteiger partial charge in [-0.05, 0) is 63.2 Å². The van der Waals surface area contributed by atoms with E-state index in [1.165, 1.54) is 42.3 Å². The third kappa shape index (κ3) is 2.58. The topological polar surface area (TPSA) is 15.3 Å². The molecular formula is C19H26N2. The van der Waals surface area contributed by atoms with Crippen LogP contribution >= 0.6 is 0 Å². The van der Waals surface area contributed by atoms with Crippen molar-refractivity contribution in [1.82, 2.24) is 10.2 Å². The first-order chi connectivity index (χ1) is 10.1. The maximum absolute atomic E-state index is 3.59. The van der Waals surface area contributed by atoms with E-state index >= 15 is 0 Å². The first-order valence-electron chi connectivity index (χ1n) is 8.04. The Morgan fingerprint density at radius 1 is 1.00 bits per heavy atom. The van der Waals surface area contributed by atoms with Gasteiger partial charge in [-0.1, -0.05) is 42.5 Å². The molecule has 1 aliphatic rings. The first-order valence-corrected chi connectivity index (χ1v) is 8.04. The molecule has 21 heavy (non-hydrogen) atoms. The van der Waals surface area contributed by atoms with Gasteiger partial charge in [-0.3, -0.25) is 4.90 Å². The van der Waals surface area contributed by atoms with Crippen LogP contribution in [0.2, 0.25) is 0 Å². The Labute approximate surface area is 128 Å². The van der Waals surface area contributed by atoms with Crippen LogP contribution in [0.3, 0.4) is 0 Å². The minimum Gasteiger partial charge on any atom is -0.311 e. The number of benzene rings is 2. The van der Waals surface area contributed by atoms with Gasteiger partial charge < -0.3 is 5.32 Å². The Hall–Kier alpha value is -1.38. The summed E-state index contributed by atoms with van der Waals surface area (Å²) >= 11 is 0. The molecule has 0 amide bonds. The van der Waals surface area contributed by atoms with Gasteiger partial charge in [0.15, 0.2) is 0 Å². The number of likely N-dealkylation sites (N-methyl/N-ethyl adjacent to an activating group) is 1. The molecule has 0 radical (unpaired) electrons. The van der Waals surface area contributed by atoms with Gasteiger partial charge in [0.1, 0.15) is 0 Å². The monoisotopic (exact) mass is 282 g/mol. The van der Waals surface area contributed by atoms with Crippen molar-refractivity contribution in [3.63, 3.8) is 0 Å². The summed E-state index contributed by atoms with van der Waals surface area (Å²) in [6, 6.07) is 15.7. The fraction of sp³-hybridized carbons (Fsp3) is 0.474. The standard InChI is InChI=1S/C19H26N2/c1-19(2,21-13-6-7-14-21)18(20-3)17-12-8-10-15-9-4-5-11-16(15)17/h4-5,8-12,18,20H,6-7,13-14H2,1-3H3. The SMILES string of the molecule is CNC(c1cccc2ccccc12)C(C)(C)N1CCCC1. The molecule has 0 spiro atoms. The second kappa shape index (κ2) is 5.78. The highest BCUT2D eigenvalue weighted by atomic mass is 15.2. The average molecular weight is 282 g/mol. The van der Waals surface area contributed by atoms with Crippen molar-refractivity contribution in [2.24, 2.45) is 0 Å². The number of nitrogens with one attached hydrogen (secondary N) is 1. The molecule has 1 heterocycles. The van der Waals surface area contributed by atoms with E-state index in [9.17, 15) is 0 Å². The van der Waals surface area contributed by atoms with Crippen molar-refractivity contribution in [2.75, 3.05) is 20.1 Å². The van der Waals surface area contributed by atoms with Crippen molar-refractivity contribution in [2.45, 2.75) is 38.3 Å². The Morgan fingerprint density at radius 2 is 1.67 bits per heavy atom. The lowest BCUT2D eigenvalue weighted by Gasteiger charge is -2.42. The minimum atomic E-state index is 0.120. The highest BCUT2D eigenvalue weighted by molar-refractivity contribution is 5.86. The van der Waals surface area contributed by atoms with Gasteiger partial charge in [0.05, 0.1) is 6.04 Å².